The van der Waals surface area contributed by atoms with Crippen molar-refractivity contribution in [1.29, 1.82) is 0 Å². The predicted octanol–water partition coefficient (Wildman–Crippen LogP) is 1.13. The van der Waals surface area contributed by atoms with Crippen LogP contribution in [0.15, 0.2) is 0 Å². The third-order valence-electron chi connectivity index (χ3n) is 2.01. The molecule has 0 radical (unpaired) electrons. The molecule has 0 aliphatic rings. The van der Waals surface area contributed by atoms with Gasteiger partial charge in [0.25, 0.3) is 0 Å². The second-order valence-corrected chi connectivity index (χ2v) is 5.05. The van der Waals surface area contributed by atoms with Crippen LogP contribution >= 0.6 is 11.8 Å². The summed E-state index contributed by atoms with van der Waals surface area (Å²) in [5, 5.41) is 11.0. The first-order valence-electron chi connectivity index (χ1n) is 5.76. The zero-order chi connectivity index (χ0) is 13.1. The van der Waals surface area contributed by atoms with Crippen LogP contribution in [0, 0.1) is 0 Å². The van der Waals surface area contributed by atoms with Crippen LogP contribution in [0.25, 0.3) is 0 Å². The zero-order valence-corrected chi connectivity index (χ0v) is 11.2. The molecular formula is C11H21NO4S. The molecule has 5 nitrogen and oxygen atoms in total. The molecule has 0 bridgehead atoms. The van der Waals surface area contributed by atoms with E-state index in [1.165, 1.54) is 0 Å². The minimum atomic E-state index is -1.00. The summed E-state index contributed by atoms with van der Waals surface area (Å²) >= 11 is 1.63. The van der Waals surface area contributed by atoms with Crippen LogP contribution < -0.4 is 5.32 Å². The molecule has 2 N–H and O–H groups in total. The number of unbranched alkanes of at least 4 members (excludes halogenated alkanes) is 1. The van der Waals surface area contributed by atoms with E-state index < -0.39 is 5.97 Å². The molecule has 0 saturated heterocycles. The predicted molar refractivity (Wildman–Crippen MR) is 68.3 cm³/mol. The standard InChI is InChI=1S/C11H21NO4S/c1-3-4-7-17-9(2)11(15)12-5-6-16-8-10(13)14/h9H,3-8H2,1-2H3,(H,12,15)(H,13,14). The summed E-state index contributed by atoms with van der Waals surface area (Å²) in [5.41, 5.74) is 0. The Morgan fingerprint density at radius 1 is 1.47 bits per heavy atom. The maximum atomic E-state index is 11.5. The fourth-order valence-corrected chi connectivity index (χ4v) is 2.07. The van der Waals surface area contributed by atoms with Gasteiger partial charge >= 0.3 is 5.97 Å². The van der Waals surface area contributed by atoms with Crippen molar-refractivity contribution >= 4 is 23.6 Å². The van der Waals surface area contributed by atoms with Gasteiger partial charge in [0.05, 0.1) is 11.9 Å². The maximum Gasteiger partial charge on any atom is 0.329 e. The number of carbonyl (C=O) groups excluding carboxylic acids is 1. The lowest BCUT2D eigenvalue weighted by Crippen LogP contribution is -2.33. The Morgan fingerprint density at radius 2 is 2.18 bits per heavy atom. The first-order chi connectivity index (χ1) is 8.07. The average molecular weight is 263 g/mol. The van der Waals surface area contributed by atoms with Crippen molar-refractivity contribution in [1.82, 2.24) is 5.32 Å². The van der Waals surface area contributed by atoms with Crippen molar-refractivity contribution in [3.05, 3.63) is 0 Å². The number of rotatable bonds is 10. The molecule has 0 rings (SSSR count). The van der Waals surface area contributed by atoms with Gasteiger partial charge in [-0.15, -0.1) is 11.8 Å². The molecule has 0 heterocycles. The molecule has 1 amide bonds. The van der Waals surface area contributed by atoms with Crippen LogP contribution in [0.1, 0.15) is 26.7 Å². The van der Waals surface area contributed by atoms with Crippen LogP contribution in [0.4, 0.5) is 0 Å². The van der Waals surface area contributed by atoms with Crippen LogP contribution in [-0.2, 0) is 14.3 Å². The van der Waals surface area contributed by atoms with Gasteiger partial charge in [-0.1, -0.05) is 13.3 Å². The molecule has 0 spiro atoms. The van der Waals surface area contributed by atoms with Crippen molar-refractivity contribution in [2.24, 2.45) is 0 Å². The Kier molecular flexibility index (Phi) is 9.95. The monoisotopic (exact) mass is 263 g/mol. The Labute approximate surface area is 106 Å². The molecule has 0 aromatic rings. The number of ether oxygens (including phenoxy) is 1. The molecule has 6 heteroatoms. The van der Waals surface area contributed by atoms with E-state index in [-0.39, 0.29) is 24.4 Å². The zero-order valence-electron chi connectivity index (χ0n) is 10.4. The summed E-state index contributed by atoms with van der Waals surface area (Å²) in [4.78, 5) is 21.7. The second-order valence-electron chi connectivity index (χ2n) is 3.60. The van der Waals surface area contributed by atoms with Crippen LogP contribution in [0.5, 0.6) is 0 Å². The quantitative estimate of drug-likeness (QED) is 0.578. The van der Waals surface area contributed by atoms with Gasteiger partial charge in [-0.25, -0.2) is 4.79 Å². The number of carboxylic acids is 1. The lowest BCUT2D eigenvalue weighted by atomic mass is 10.4. The van der Waals surface area contributed by atoms with E-state index >= 15 is 0 Å². The number of carboxylic acid groups (broad SMARTS) is 1. The summed E-state index contributed by atoms with van der Waals surface area (Å²) in [5.74, 6) is -0.0366. The van der Waals surface area contributed by atoms with Gasteiger partial charge in [0, 0.05) is 6.54 Å². The lowest BCUT2D eigenvalue weighted by molar-refractivity contribution is -0.142. The SMILES string of the molecule is CCCCSC(C)C(=O)NCCOCC(=O)O. The fourth-order valence-electron chi connectivity index (χ4n) is 1.03. The highest BCUT2D eigenvalue weighted by molar-refractivity contribution is 8.00. The number of hydrogen-bond donors (Lipinski definition) is 2. The smallest absolute Gasteiger partial charge is 0.329 e. The molecule has 0 aliphatic carbocycles. The van der Waals surface area contributed by atoms with Crippen molar-refractivity contribution < 1.29 is 19.4 Å². The Morgan fingerprint density at radius 3 is 2.76 bits per heavy atom. The molecule has 0 aliphatic heterocycles. The summed E-state index contributed by atoms with van der Waals surface area (Å²) < 4.78 is 4.80. The molecular weight excluding hydrogens is 242 g/mol. The number of amides is 1. The Hall–Kier alpha value is -0.750. The van der Waals surface area contributed by atoms with E-state index in [9.17, 15) is 9.59 Å². The maximum absolute atomic E-state index is 11.5. The van der Waals surface area contributed by atoms with Crippen molar-refractivity contribution in [3.63, 3.8) is 0 Å². The first-order valence-corrected chi connectivity index (χ1v) is 6.81. The average Bonchev–Trinajstić information content (AvgIpc) is 2.28. The number of nitrogens with one attached hydrogen (secondary N) is 1. The van der Waals surface area contributed by atoms with E-state index in [0.29, 0.717) is 6.54 Å². The van der Waals surface area contributed by atoms with Crippen molar-refractivity contribution in [2.45, 2.75) is 31.9 Å². The number of aliphatic carboxylic acids is 1. The highest BCUT2D eigenvalue weighted by Crippen LogP contribution is 2.12. The van der Waals surface area contributed by atoms with Crippen molar-refractivity contribution in [3.8, 4) is 0 Å². The normalized spacial score (nSPS) is 12.1. The Balaban J connectivity index is 3.47. The highest BCUT2D eigenvalue weighted by atomic mass is 32.2. The second kappa shape index (κ2) is 10.4. The highest BCUT2D eigenvalue weighted by Gasteiger charge is 2.11. The van der Waals surface area contributed by atoms with Gasteiger partial charge in [-0.2, -0.15) is 0 Å². The molecule has 0 aromatic heterocycles. The molecule has 1 unspecified atom stereocenters. The molecule has 1 atom stereocenters. The molecule has 0 aromatic carbocycles. The van der Waals surface area contributed by atoms with E-state index in [1.807, 2.05) is 6.92 Å². The van der Waals surface area contributed by atoms with Gasteiger partial charge in [0.2, 0.25) is 5.91 Å². The van der Waals surface area contributed by atoms with Gasteiger partial charge in [-0.05, 0) is 19.1 Å². The van der Waals surface area contributed by atoms with E-state index in [1.54, 1.807) is 11.8 Å². The minimum absolute atomic E-state index is 0.0231. The van der Waals surface area contributed by atoms with Gasteiger partial charge in [0.15, 0.2) is 0 Å². The summed E-state index contributed by atoms with van der Waals surface area (Å²) in [6.45, 7) is 4.24. The number of carbonyl (C=O) groups is 2. The minimum Gasteiger partial charge on any atom is -0.480 e. The summed E-state index contributed by atoms with van der Waals surface area (Å²) in [7, 11) is 0. The Bertz CT molecular complexity index is 236. The lowest BCUT2D eigenvalue weighted by Gasteiger charge is -2.11. The van der Waals surface area contributed by atoms with Crippen LogP contribution in [0.2, 0.25) is 0 Å². The van der Waals surface area contributed by atoms with Gasteiger partial charge < -0.3 is 15.2 Å². The van der Waals surface area contributed by atoms with Gasteiger partial charge in [0.1, 0.15) is 6.61 Å². The molecule has 17 heavy (non-hydrogen) atoms. The third kappa shape index (κ3) is 10.1. The third-order valence-corrected chi connectivity index (χ3v) is 3.24. The van der Waals surface area contributed by atoms with E-state index in [2.05, 4.69) is 12.2 Å². The van der Waals surface area contributed by atoms with Crippen LogP contribution in [-0.4, -0.2) is 47.7 Å². The summed E-state index contributed by atoms with van der Waals surface area (Å²) in [6.07, 6.45) is 2.24. The fraction of sp³-hybridized carbons (Fsp3) is 0.818. The first kappa shape index (κ1) is 16.2. The number of thioether (sulfide) groups is 1. The molecule has 0 fully saturated rings. The van der Waals surface area contributed by atoms with E-state index in [0.717, 1.165) is 18.6 Å². The molecule has 100 valence electrons. The van der Waals surface area contributed by atoms with Crippen LogP contribution in [0.3, 0.4) is 0 Å². The van der Waals surface area contributed by atoms with Gasteiger partial charge in [-0.3, -0.25) is 4.79 Å². The van der Waals surface area contributed by atoms with E-state index in [4.69, 9.17) is 9.84 Å². The summed E-state index contributed by atoms with van der Waals surface area (Å²) in [6, 6.07) is 0. The number of hydrogen-bond acceptors (Lipinski definition) is 4. The largest absolute Gasteiger partial charge is 0.480 e. The molecule has 0 saturated carbocycles. The topological polar surface area (TPSA) is 75.6 Å². The van der Waals surface area contributed by atoms with Crippen molar-refractivity contribution in [2.75, 3.05) is 25.5 Å².